The number of carbonyl (C=O) groups excluding carboxylic acids is 1. The minimum atomic E-state index is -0.947. The van der Waals surface area contributed by atoms with Crippen molar-refractivity contribution in [3.63, 3.8) is 0 Å². The highest BCUT2D eigenvalue weighted by molar-refractivity contribution is 5.96. The molecule has 0 saturated carbocycles. The van der Waals surface area contributed by atoms with Gasteiger partial charge in [0.15, 0.2) is 5.57 Å². The molecule has 72 valence electrons. The van der Waals surface area contributed by atoms with E-state index in [-0.39, 0.29) is 0 Å². The molecular weight excluding hydrogens is 170 g/mol. The van der Waals surface area contributed by atoms with Gasteiger partial charge in [0.25, 0.3) is 5.91 Å². The van der Waals surface area contributed by atoms with Crippen molar-refractivity contribution in [1.29, 1.82) is 5.26 Å². The number of nitrogens with zero attached hydrogens (tertiary/aromatic N) is 1. The minimum Gasteiger partial charge on any atom is -0.494 e. The van der Waals surface area contributed by atoms with Crippen molar-refractivity contribution in [2.75, 3.05) is 0 Å². The van der Waals surface area contributed by atoms with Crippen LogP contribution in [-0.4, -0.2) is 16.6 Å². The summed E-state index contributed by atoms with van der Waals surface area (Å²) >= 11 is 0. The summed E-state index contributed by atoms with van der Waals surface area (Å²) in [4.78, 5) is 10.6. The second-order valence-electron chi connectivity index (χ2n) is 3.57. The average molecular weight is 183 g/mol. The summed E-state index contributed by atoms with van der Waals surface area (Å²) < 4.78 is 0. The third-order valence-electron chi connectivity index (χ3n) is 1.09. The van der Waals surface area contributed by atoms with Gasteiger partial charge in [-0.25, -0.2) is 0 Å². The van der Waals surface area contributed by atoms with Crippen LogP contribution >= 0.6 is 0 Å². The van der Waals surface area contributed by atoms with E-state index in [1.807, 2.05) is 0 Å². The van der Waals surface area contributed by atoms with Gasteiger partial charge in [-0.15, -0.1) is 0 Å². The van der Waals surface area contributed by atoms with E-state index in [0.717, 1.165) is 0 Å². The molecule has 0 spiro atoms. The van der Waals surface area contributed by atoms with Crippen LogP contribution in [0.25, 0.3) is 0 Å². The molecule has 1 amide bonds. The van der Waals surface area contributed by atoms with E-state index in [2.05, 4.69) is 5.32 Å². The van der Waals surface area contributed by atoms with Crippen LogP contribution in [0.4, 0.5) is 0 Å². The Morgan fingerprint density at radius 3 is 2.23 bits per heavy atom. The molecule has 0 aliphatic heterocycles. The highest BCUT2D eigenvalue weighted by atomic mass is 16.3. The number of rotatable bonds is 2. The normalized spacial score (nSPS) is 12.8. The maximum atomic E-state index is 10.6. The van der Waals surface area contributed by atoms with Crippen molar-refractivity contribution in [2.24, 2.45) is 5.73 Å². The summed E-state index contributed by atoms with van der Waals surface area (Å²) in [6.45, 7) is 5.33. The summed E-state index contributed by atoms with van der Waals surface area (Å²) in [5.41, 5.74) is 3.96. The quantitative estimate of drug-likeness (QED) is 0.322. The third kappa shape index (κ3) is 4.01. The Morgan fingerprint density at radius 2 is 2.00 bits per heavy atom. The Kier molecular flexibility index (Phi) is 3.31. The zero-order chi connectivity index (χ0) is 10.6. The number of amides is 1. The molecule has 0 saturated heterocycles. The van der Waals surface area contributed by atoms with Crippen molar-refractivity contribution in [2.45, 2.75) is 26.3 Å². The zero-order valence-corrected chi connectivity index (χ0v) is 7.88. The molecule has 0 aromatic rings. The van der Waals surface area contributed by atoms with Gasteiger partial charge in [-0.1, -0.05) is 0 Å². The molecule has 0 aromatic carbocycles. The van der Waals surface area contributed by atoms with Crippen LogP contribution in [0.15, 0.2) is 11.5 Å². The minimum absolute atomic E-state index is 0.429. The topological polar surface area (TPSA) is 99.1 Å². The van der Waals surface area contributed by atoms with Gasteiger partial charge >= 0.3 is 0 Å². The SMILES string of the molecule is CC(C)(C)N/C(O)=C(\C#N)C(N)=O. The molecule has 0 aliphatic rings. The Hall–Kier alpha value is -1.70. The number of hydrogen-bond donors (Lipinski definition) is 3. The fraction of sp³-hybridized carbons (Fsp3) is 0.500. The lowest BCUT2D eigenvalue weighted by molar-refractivity contribution is -0.114. The molecule has 5 heteroatoms. The molecule has 0 aromatic heterocycles. The van der Waals surface area contributed by atoms with E-state index in [0.29, 0.717) is 0 Å². The van der Waals surface area contributed by atoms with E-state index < -0.39 is 22.9 Å². The Balaban J connectivity index is 4.82. The summed E-state index contributed by atoms with van der Waals surface area (Å²) in [5.74, 6) is -1.43. The van der Waals surface area contributed by atoms with Crippen molar-refractivity contribution < 1.29 is 9.90 Å². The summed E-state index contributed by atoms with van der Waals surface area (Å²) in [6.07, 6.45) is 0. The van der Waals surface area contributed by atoms with Crippen LogP contribution in [0, 0.1) is 11.3 Å². The van der Waals surface area contributed by atoms with E-state index in [9.17, 15) is 9.90 Å². The van der Waals surface area contributed by atoms with Crippen LogP contribution in [0.5, 0.6) is 0 Å². The van der Waals surface area contributed by atoms with Crippen LogP contribution in [0.2, 0.25) is 0 Å². The smallest absolute Gasteiger partial charge is 0.264 e. The molecule has 5 nitrogen and oxygen atoms in total. The number of aliphatic hydroxyl groups excluding tert-OH is 1. The Morgan fingerprint density at radius 1 is 1.54 bits per heavy atom. The molecule has 0 bridgehead atoms. The lowest BCUT2D eigenvalue weighted by Crippen LogP contribution is -2.36. The highest BCUT2D eigenvalue weighted by Gasteiger charge is 2.16. The van der Waals surface area contributed by atoms with Gasteiger partial charge in [0.2, 0.25) is 5.88 Å². The second-order valence-corrected chi connectivity index (χ2v) is 3.57. The molecule has 0 rings (SSSR count). The number of carbonyl (C=O) groups is 1. The molecular formula is C8H13N3O2. The standard InChI is InChI=1S/C8H13N3O2/c1-8(2,3)11-7(13)5(4-9)6(10)12/h11,13H,1-3H3,(H2,10,12)/b7-5-. The number of primary amides is 1. The van der Waals surface area contributed by atoms with Crippen molar-refractivity contribution in [1.82, 2.24) is 5.32 Å². The predicted molar refractivity (Wildman–Crippen MR) is 47.4 cm³/mol. The van der Waals surface area contributed by atoms with Gasteiger partial charge in [0.1, 0.15) is 6.07 Å². The van der Waals surface area contributed by atoms with Gasteiger partial charge in [-0.2, -0.15) is 5.26 Å². The van der Waals surface area contributed by atoms with Gasteiger partial charge < -0.3 is 16.2 Å². The monoisotopic (exact) mass is 183 g/mol. The van der Waals surface area contributed by atoms with Crippen molar-refractivity contribution >= 4 is 5.91 Å². The Labute approximate surface area is 76.8 Å². The van der Waals surface area contributed by atoms with E-state index in [4.69, 9.17) is 11.0 Å². The average Bonchev–Trinajstić information content (AvgIpc) is 1.82. The lowest BCUT2D eigenvalue weighted by Gasteiger charge is -2.21. The van der Waals surface area contributed by atoms with Crippen molar-refractivity contribution in [3.8, 4) is 6.07 Å². The predicted octanol–water partition coefficient (Wildman–Crippen LogP) is 0.153. The van der Waals surface area contributed by atoms with E-state index in [1.165, 1.54) is 6.07 Å². The molecule has 0 atom stereocenters. The van der Waals surface area contributed by atoms with Crippen LogP contribution < -0.4 is 11.1 Å². The number of nitriles is 1. The van der Waals surface area contributed by atoms with Gasteiger partial charge in [-0.05, 0) is 20.8 Å². The summed E-state index contributed by atoms with van der Waals surface area (Å²) in [7, 11) is 0. The molecule has 13 heavy (non-hydrogen) atoms. The van der Waals surface area contributed by atoms with Gasteiger partial charge in [0.05, 0.1) is 0 Å². The third-order valence-corrected chi connectivity index (χ3v) is 1.09. The number of nitrogens with two attached hydrogens (primary N) is 1. The first-order chi connectivity index (χ1) is 5.78. The lowest BCUT2D eigenvalue weighted by atomic mass is 10.1. The fourth-order valence-corrected chi connectivity index (χ4v) is 0.642. The summed E-state index contributed by atoms with van der Waals surface area (Å²) in [6, 6.07) is 1.52. The maximum Gasteiger partial charge on any atom is 0.264 e. The number of hydrogen-bond acceptors (Lipinski definition) is 4. The van der Waals surface area contributed by atoms with Crippen LogP contribution in [0.3, 0.4) is 0 Å². The molecule has 0 unspecified atom stereocenters. The van der Waals surface area contributed by atoms with Gasteiger partial charge in [0, 0.05) is 5.54 Å². The molecule has 0 radical (unpaired) electrons. The number of aliphatic hydroxyl groups is 1. The van der Waals surface area contributed by atoms with E-state index >= 15 is 0 Å². The second kappa shape index (κ2) is 3.81. The van der Waals surface area contributed by atoms with Gasteiger partial charge in [-0.3, -0.25) is 4.79 Å². The molecule has 0 heterocycles. The van der Waals surface area contributed by atoms with Crippen LogP contribution in [-0.2, 0) is 4.79 Å². The van der Waals surface area contributed by atoms with Crippen LogP contribution in [0.1, 0.15) is 20.8 Å². The summed E-state index contributed by atoms with van der Waals surface area (Å²) in [5, 5.41) is 20.3. The largest absolute Gasteiger partial charge is 0.494 e. The first-order valence-electron chi connectivity index (χ1n) is 3.69. The Bertz CT molecular complexity index is 281. The maximum absolute atomic E-state index is 10.6. The van der Waals surface area contributed by atoms with Crippen molar-refractivity contribution in [3.05, 3.63) is 11.5 Å². The molecule has 0 fully saturated rings. The first kappa shape index (κ1) is 11.3. The molecule has 0 aliphatic carbocycles. The first-order valence-corrected chi connectivity index (χ1v) is 3.69. The zero-order valence-electron chi connectivity index (χ0n) is 7.88. The number of nitrogens with one attached hydrogen (secondary N) is 1. The fourth-order valence-electron chi connectivity index (χ4n) is 0.642. The molecule has 4 N–H and O–H groups in total. The van der Waals surface area contributed by atoms with E-state index in [1.54, 1.807) is 20.8 Å². The highest BCUT2D eigenvalue weighted by Crippen LogP contribution is 2.04.